The first-order valence-corrected chi connectivity index (χ1v) is 4.26. The Morgan fingerprint density at radius 3 is 2.85 bits per heavy atom. The molecule has 13 heavy (non-hydrogen) atoms. The van der Waals surface area contributed by atoms with E-state index >= 15 is 0 Å². The molecule has 1 aromatic rings. The third-order valence-corrected chi connectivity index (χ3v) is 2.26. The summed E-state index contributed by atoms with van der Waals surface area (Å²) in [4.78, 5) is 0. The molecule has 0 spiro atoms. The molecule has 1 aliphatic heterocycles. The molecule has 0 saturated carbocycles. The van der Waals surface area contributed by atoms with Gasteiger partial charge in [0.2, 0.25) is 0 Å². The summed E-state index contributed by atoms with van der Waals surface area (Å²) in [5.74, 6) is 0. The normalized spacial score (nSPS) is 21.6. The minimum Gasteiger partial charge on any atom is -0.367 e. The summed E-state index contributed by atoms with van der Waals surface area (Å²) in [6.07, 6.45) is -2.72. The minimum atomic E-state index is -2.43. The third kappa shape index (κ3) is 1.56. The molecule has 70 valence electrons. The molecule has 0 bridgehead atoms. The Labute approximate surface area is 75.3 Å². The van der Waals surface area contributed by atoms with E-state index in [0.717, 1.165) is 12.0 Å². The molecule has 0 radical (unpaired) electrons. The van der Waals surface area contributed by atoms with Gasteiger partial charge in [0.05, 0.1) is 6.61 Å². The summed E-state index contributed by atoms with van der Waals surface area (Å²) in [6, 6.07) is 7.23. The average molecular weight is 184 g/mol. The fourth-order valence-electron chi connectivity index (χ4n) is 1.63. The van der Waals surface area contributed by atoms with Crippen LogP contribution in [0.15, 0.2) is 24.3 Å². The molecule has 1 atom stereocenters. The van der Waals surface area contributed by atoms with E-state index in [1.165, 1.54) is 0 Å². The highest BCUT2D eigenvalue weighted by atomic mass is 19.3. The van der Waals surface area contributed by atoms with Crippen molar-refractivity contribution in [1.82, 2.24) is 0 Å². The highest BCUT2D eigenvalue weighted by Crippen LogP contribution is 2.31. The van der Waals surface area contributed by atoms with Crippen LogP contribution in [-0.4, -0.2) is 13.0 Å². The average Bonchev–Trinajstić information content (AvgIpc) is 2.17. The van der Waals surface area contributed by atoms with E-state index in [9.17, 15) is 8.78 Å². The Hall–Kier alpha value is -0.960. The maximum atomic E-state index is 12.5. The molecular formula is C10H10F2O. The summed E-state index contributed by atoms with van der Waals surface area (Å²) in [7, 11) is 0. The zero-order valence-corrected chi connectivity index (χ0v) is 7.04. The number of alkyl halides is 2. The van der Waals surface area contributed by atoms with Gasteiger partial charge in [0, 0.05) is 0 Å². The number of benzene rings is 1. The Kier molecular flexibility index (Phi) is 2.27. The Morgan fingerprint density at radius 2 is 2.08 bits per heavy atom. The number of halogens is 2. The fraction of sp³-hybridized carbons (Fsp3) is 0.400. The van der Waals surface area contributed by atoms with Gasteiger partial charge in [-0.05, 0) is 17.5 Å². The highest BCUT2D eigenvalue weighted by molar-refractivity contribution is 5.31. The van der Waals surface area contributed by atoms with Crippen LogP contribution in [0.3, 0.4) is 0 Å². The molecule has 3 heteroatoms. The summed E-state index contributed by atoms with van der Waals surface area (Å²) in [6.45, 7) is 0.395. The number of hydrogen-bond donors (Lipinski definition) is 0. The summed E-state index contributed by atoms with van der Waals surface area (Å²) in [5, 5.41) is 0. The number of rotatable bonds is 1. The Bertz CT molecular complexity index is 299. The lowest BCUT2D eigenvalue weighted by Gasteiger charge is -2.25. The predicted octanol–water partition coefficient (Wildman–Crippen LogP) is 2.57. The third-order valence-electron chi connectivity index (χ3n) is 2.26. The first-order chi connectivity index (χ1) is 6.29. The molecule has 1 unspecified atom stereocenters. The number of hydrogen-bond acceptors (Lipinski definition) is 1. The monoisotopic (exact) mass is 184 g/mol. The van der Waals surface area contributed by atoms with E-state index < -0.39 is 12.5 Å². The number of fused-ring (bicyclic) bond motifs is 1. The van der Waals surface area contributed by atoms with Crippen LogP contribution >= 0.6 is 0 Å². The summed E-state index contributed by atoms with van der Waals surface area (Å²) in [5.41, 5.74) is 1.63. The lowest BCUT2D eigenvalue weighted by molar-refractivity contribution is -0.0644. The second kappa shape index (κ2) is 3.42. The topological polar surface area (TPSA) is 9.23 Å². The highest BCUT2D eigenvalue weighted by Gasteiger charge is 2.28. The van der Waals surface area contributed by atoms with Crippen molar-refractivity contribution >= 4 is 0 Å². The van der Waals surface area contributed by atoms with Crippen LogP contribution in [0.4, 0.5) is 8.78 Å². The van der Waals surface area contributed by atoms with E-state index in [2.05, 4.69) is 0 Å². The standard InChI is InChI=1S/C10H10F2O/c11-10(12)9-8-4-2-1-3-7(8)5-6-13-9/h1-4,9-10H,5-6H2. The smallest absolute Gasteiger partial charge is 0.268 e. The van der Waals surface area contributed by atoms with Crippen molar-refractivity contribution in [3.05, 3.63) is 35.4 Å². The second-order valence-corrected chi connectivity index (χ2v) is 3.07. The van der Waals surface area contributed by atoms with E-state index in [0.29, 0.717) is 12.2 Å². The van der Waals surface area contributed by atoms with Crippen LogP contribution in [0.2, 0.25) is 0 Å². The lowest BCUT2D eigenvalue weighted by Crippen LogP contribution is -2.21. The first kappa shape index (κ1) is 8.63. The van der Waals surface area contributed by atoms with Gasteiger partial charge in [0.1, 0.15) is 6.10 Å². The molecule has 1 aromatic carbocycles. The van der Waals surface area contributed by atoms with Crippen LogP contribution in [-0.2, 0) is 11.2 Å². The molecule has 1 heterocycles. The van der Waals surface area contributed by atoms with Gasteiger partial charge in [-0.15, -0.1) is 0 Å². The quantitative estimate of drug-likeness (QED) is 0.651. The maximum absolute atomic E-state index is 12.5. The zero-order chi connectivity index (χ0) is 9.26. The van der Waals surface area contributed by atoms with Crippen molar-refractivity contribution in [2.75, 3.05) is 6.61 Å². The van der Waals surface area contributed by atoms with Crippen molar-refractivity contribution in [2.24, 2.45) is 0 Å². The van der Waals surface area contributed by atoms with Crippen LogP contribution in [0, 0.1) is 0 Å². The molecule has 0 aliphatic carbocycles. The van der Waals surface area contributed by atoms with Crippen molar-refractivity contribution in [3.63, 3.8) is 0 Å². The molecule has 0 aromatic heterocycles. The molecule has 1 aliphatic rings. The van der Waals surface area contributed by atoms with Gasteiger partial charge in [-0.3, -0.25) is 0 Å². The Morgan fingerprint density at radius 1 is 1.31 bits per heavy atom. The summed E-state index contributed by atoms with van der Waals surface area (Å²) >= 11 is 0. The SMILES string of the molecule is FC(F)C1OCCc2ccccc21. The molecule has 1 nitrogen and oxygen atoms in total. The van der Waals surface area contributed by atoms with Gasteiger partial charge in [-0.1, -0.05) is 24.3 Å². The van der Waals surface area contributed by atoms with Crippen molar-refractivity contribution in [2.45, 2.75) is 19.0 Å². The van der Waals surface area contributed by atoms with Gasteiger partial charge in [-0.25, -0.2) is 8.78 Å². The lowest BCUT2D eigenvalue weighted by atomic mass is 9.98. The predicted molar refractivity (Wildman–Crippen MR) is 44.8 cm³/mol. The van der Waals surface area contributed by atoms with E-state index in [1.54, 1.807) is 12.1 Å². The molecule has 0 N–H and O–H groups in total. The van der Waals surface area contributed by atoms with E-state index in [4.69, 9.17) is 4.74 Å². The molecule has 2 rings (SSSR count). The molecular weight excluding hydrogens is 174 g/mol. The van der Waals surface area contributed by atoms with Crippen LogP contribution < -0.4 is 0 Å². The first-order valence-electron chi connectivity index (χ1n) is 4.26. The van der Waals surface area contributed by atoms with Crippen LogP contribution in [0.25, 0.3) is 0 Å². The van der Waals surface area contributed by atoms with Crippen LogP contribution in [0.1, 0.15) is 17.2 Å². The molecule has 0 fully saturated rings. The molecule has 0 amide bonds. The van der Waals surface area contributed by atoms with Crippen molar-refractivity contribution < 1.29 is 13.5 Å². The molecule has 0 saturated heterocycles. The second-order valence-electron chi connectivity index (χ2n) is 3.07. The van der Waals surface area contributed by atoms with Crippen molar-refractivity contribution in [1.29, 1.82) is 0 Å². The van der Waals surface area contributed by atoms with Gasteiger partial charge < -0.3 is 4.74 Å². The minimum absolute atomic E-state index is 0.395. The number of ether oxygens (including phenoxy) is 1. The zero-order valence-electron chi connectivity index (χ0n) is 7.04. The largest absolute Gasteiger partial charge is 0.367 e. The van der Waals surface area contributed by atoms with Gasteiger partial charge >= 0.3 is 0 Å². The maximum Gasteiger partial charge on any atom is 0.268 e. The van der Waals surface area contributed by atoms with Gasteiger partial charge in [0.25, 0.3) is 6.43 Å². The van der Waals surface area contributed by atoms with Crippen molar-refractivity contribution in [3.8, 4) is 0 Å². The van der Waals surface area contributed by atoms with Crippen LogP contribution in [0.5, 0.6) is 0 Å². The van der Waals surface area contributed by atoms with E-state index in [-0.39, 0.29) is 0 Å². The fourth-order valence-corrected chi connectivity index (χ4v) is 1.63. The van der Waals surface area contributed by atoms with Gasteiger partial charge in [0.15, 0.2) is 0 Å². The van der Waals surface area contributed by atoms with E-state index in [1.807, 2.05) is 12.1 Å². The Balaban J connectivity index is 2.37. The van der Waals surface area contributed by atoms with Gasteiger partial charge in [-0.2, -0.15) is 0 Å². The summed E-state index contributed by atoms with van der Waals surface area (Å²) < 4.78 is 30.0.